The van der Waals surface area contributed by atoms with Gasteiger partial charge < -0.3 is 15.1 Å². The SMILES string of the molecule is C[C@H](C(=O)Nc1ccc(S(N)(=O)=O)cc1)N1CCC[C@H](CN2CCN(C)CC2)C1. The van der Waals surface area contributed by atoms with Crippen molar-refractivity contribution in [1.82, 2.24) is 14.7 Å². The molecular weight excluding hydrogens is 390 g/mol. The summed E-state index contributed by atoms with van der Waals surface area (Å²) in [6.07, 6.45) is 2.32. The fourth-order valence-electron chi connectivity index (χ4n) is 4.13. The van der Waals surface area contributed by atoms with Crippen molar-refractivity contribution < 1.29 is 13.2 Å². The lowest BCUT2D eigenvalue weighted by Crippen LogP contribution is -2.51. The van der Waals surface area contributed by atoms with Crippen LogP contribution in [0, 0.1) is 5.92 Å². The van der Waals surface area contributed by atoms with E-state index in [-0.39, 0.29) is 16.8 Å². The van der Waals surface area contributed by atoms with Gasteiger partial charge in [0.25, 0.3) is 0 Å². The summed E-state index contributed by atoms with van der Waals surface area (Å²) < 4.78 is 22.7. The highest BCUT2D eigenvalue weighted by molar-refractivity contribution is 7.89. The minimum absolute atomic E-state index is 0.0336. The minimum Gasteiger partial charge on any atom is -0.325 e. The van der Waals surface area contributed by atoms with Gasteiger partial charge in [-0.3, -0.25) is 9.69 Å². The van der Waals surface area contributed by atoms with Crippen LogP contribution in [0.2, 0.25) is 0 Å². The van der Waals surface area contributed by atoms with Crippen molar-refractivity contribution in [3.05, 3.63) is 24.3 Å². The van der Waals surface area contributed by atoms with Crippen molar-refractivity contribution in [1.29, 1.82) is 0 Å². The molecule has 2 saturated heterocycles. The van der Waals surface area contributed by atoms with Gasteiger partial charge in [0.05, 0.1) is 10.9 Å². The maximum absolute atomic E-state index is 12.7. The topological polar surface area (TPSA) is 99.0 Å². The molecule has 0 bridgehead atoms. The number of rotatable bonds is 6. The number of piperazine rings is 1. The van der Waals surface area contributed by atoms with Gasteiger partial charge in [0, 0.05) is 45.0 Å². The number of carbonyl (C=O) groups excluding carboxylic acids is 1. The number of benzene rings is 1. The Morgan fingerprint density at radius 2 is 1.83 bits per heavy atom. The lowest BCUT2D eigenvalue weighted by molar-refractivity contribution is -0.121. The van der Waals surface area contributed by atoms with Gasteiger partial charge >= 0.3 is 0 Å². The Morgan fingerprint density at radius 1 is 1.17 bits per heavy atom. The van der Waals surface area contributed by atoms with Crippen molar-refractivity contribution in [3.63, 3.8) is 0 Å². The summed E-state index contributed by atoms with van der Waals surface area (Å²) >= 11 is 0. The summed E-state index contributed by atoms with van der Waals surface area (Å²) in [7, 11) is -1.56. The van der Waals surface area contributed by atoms with Gasteiger partial charge in [-0.05, 0) is 63.5 Å². The molecule has 9 heteroatoms. The molecule has 0 unspecified atom stereocenters. The first-order valence-corrected chi connectivity index (χ1v) is 11.9. The number of hydrogen-bond donors (Lipinski definition) is 2. The van der Waals surface area contributed by atoms with E-state index in [1.807, 2.05) is 6.92 Å². The van der Waals surface area contributed by atoms with Crippen molar-refractivity contribution in [3.8, 4) is 0 Å². The molecule has 2 aliphatic heterocycles. The predicted octanol–water partition coefficient (Wildman–Crippen LogP) is 0.620. The molecule has 1 amide bonds. The second kappa shape index (κ2) is 9.53. The lowest BCUT2D eigenvalue weighted by Gasteiger charge is -2.40. The smallest absolute Gasteiger partial charge is 0.241 e. The normalized spacial score (nSPS) is 23.6. The van der Waals surface area contributed by atoms with Crippen LogP contribution in [0.15, 0.2) is 29.2 Å². The zero-order chi connectivity index (χ0) is 21.0. The molecule has 2 atom stereocenters. The van der Waals surface area contributed by atoms with E-state index in [4.69, 9.17) is 5.14 Å². The highest BCUT2D eigenvalue weighted by Crippen LogP contribution is 2.21. The summed E-state index contributed by atoms with van der Waals surface area (Å²) in [6.45, 7) is 9.40. The number of nitrogens with zero attached hydrogens (tertiary/aromatic N) is 3. The number of hydrogen-bond acceptors (Lipinski definition) is 6. The maximum atomic E-state index is 12.7. The molecule has 2 heterocycles. The van der Waals surface area contributed by atoms with Crippen LogP contribution in [-0.4, -0.2) is 87.9 Å². The van der Waals surface area contributed by atoms with Gasteiger partial charge in [-0.25, -0.2) is 13.6 Å². The molecule has 0 aliphatic carbocycles. The van der Waals surface area contributed by atoms with Gasteiger partial charge in [-0.1, -0.05) is 0 Å². The third-order valence-electron chi connectivity index (χ3n) is 6.04. The fourth-order valence-corrected chi connectivity index (χ4v) is 4.65. The predicted molar refractivity (Wildman–Crippen MR) is 114 cm³/mol. The summed E-state index contributed by atoms with van der Waals surface area (Å²) in [5, 5.41) is 8.00. The van der Waals surface area contributed by atoms with E-state index in [0.29, 0.717) is 11.6 Å². The zero-order valence-electron chi connectivity index (χ0n) is 17.4. The molecule has 1 aromatic rings. The summed E-state index contributed by atoms with van der Waals surface area (Å²) in [4.78, 5) is 19.9. The number of anilines is 1. The Morgan fingerprint density at radius 3 is 2.45 bits per heavy atom. The summed E-state index contributed by atoms with van der Waals surface area (Å²) in [6, 6.07) is 5.71. The summed E-state index contributed by atoms with van der Waals surface area (Å²) in [5.41, 5.74) is 0.570. The monoisotopic (exact) mass is 423 g/mol. The van der Waals surface area contributed by atoms with Gasteiger partial charge in [-0.15, -0.1) is 0 Å². The van der Waals surface area contributed by atoms with Crippen molar-refractivity contribution in [2.45, 2.75) is 30.7 Å². The van der Waals surface area contributed by atoms with E-state index < -0.39 is 10.0 Å². The number of amides is 1. The Hall–Kier alpha value is -1.52. The number of nitrogens with two attached hydrogens (primary N) is 1. The van der Waals surface area contributed by atoms with E-state index >= 15 is 0 Å². The third-order valence-corrected chi connectivity index (χ3v) is 6.97. The maximum Gasteiger partial charge on any atom is 0.241 e. The van der Waals surface area contributed by atoms with E-state index in [1.165, 1.54) is 18.6 Å². The first kappa shape index (κ1) is 22.2. The van der Waals surface area contributed by atoms with Crippen LogP contribution in [0.3, 0.4) is 0 Å². The molecule has 0 aromatic heterocycles. The Bertz CT molecular complexity index is 791. The van der Waals surface area contributed by atoms with Crippen molar-refractivity contribution in [2.75, 3.05) is 58.2 Å². The van der Waals surface area contributed by atoms with Crippen LogP contribution in [0.1, 0.15) is 19.8 Å². The highest BCUT2D eigenvalue weighted by Gasteiger charge is 2.29. The first-order valence-electron chi connectivity index (χ1n) is 10.3. The number of likely N-dealkylation sites (tertiary alicyclic amines) is 1. The second-order valence-electron chi connectivity index (χ2n) is 8.34. The average Bonchev–Trinajstić information content (AvgIpc) is 2.69. The molecule has 2 fully saturated rings. The van der Waals surface area contributed by atoms with Crippen LogP contribution in [0.25, 0.3) is 0 Å². The molecule has 0 radical (unpaired) electrons. The first-order chi connectivity index (χ1) is 13.7. The van der Waals surface area contributed by atoms with Crippen molar-refractivity contribution >= 4 is 21.6 Å². The highest BCUT2D eigenvalue weighted by atomic mass is 32.2. The van der Waals surface area contributed by atoms with Crippen LogP contribution >= 0.6 is 0 Å². The van der Waals surface area contributed by atoms with Gasteiger partial charge in [0.1, 0.15) is 0 Å². The molecule has 0 spiro atoms. The van der Waals surface area contributed by atoms with Gasteiger partial charge in [0.15, 0.2) is 0 Å². The van der Waals surface area contributed by atoms with Gasteiger partial charge in [-0.2, -0.15) is 0 Å². The zero-order valence-corrected chi connectivity index (χ0v) is 18.2. The largest absolute Gasteiger partial charge is 0.325 e. The molecule has 29 heavy (non-hydrogen) atoms. The molecule has 8 nitrogen and oxygen atoms in total. The molecule has 162 valence electrons. The van der Waals surface area contributed by atoms with Crippen LogP contribution in [-0.2, 0) is 14.8 Å². The van der Waals surface area contributed by atoms with Crippen molar-refractivity contribution in [2.24, 2.45) is 11.1 Å². The average molecular weight is 424 g/mol. The number of carbonyl (C=O) groups is 1. The summed E-state index contributed by atoms with van der Waals surface area (Å²) in [5.74, 6) is 0.519. The third kappa shape index (κ3) is 6.23. The number of piperidine rings is 1. The van der Waals surface area contributed by atoms with Crippen LogP contribution < -0.4 is 10.5 Å². The van der Waals surface area contributed by atoms with Crippen LogP contribution in [0.5, 0.6) is 0 Å². The van der Waals surface area contributed by atoms with E-state index in [0.717, 1.165) is 52.2 Å². The Kier molecular flexibility index (Phi) is 7.28. The molecule has 3 N–H and O–H groups in total. The molecular formula is C20H33N5O3S. The molecule has 1 aromatic carbocycles. The van der Waals surface area contributed by atoms with E-state index in [2.05, 4.69) is 27.1 Å². The Balaban J connectivity index is 1.52. The Labute approximate surface area is 174 Å². The number of sulfonamides is 1. The quantitative estimate of drug-likeness (QED) is 0.696. The van der Waals surface area contributed by atoms with E-state index in [9.17, 15) is 13.2 Å². The van der Waals surface area contributed by atoms with Gasteiger partial charge in [0.2, 0.25) is 15.9 Å². The minimum atomic E-state index is -3.73. The molecule has 0 saturated carbocycles. The molecule has 2 aliphatic rings. The number of primary sulfonamides is 1. The second-order valence-corrected chi connectivity index (χ2v) is 9.90. The van der Waals surface area contributed by atoms with E-state index in [1.54, 1.807) is 12.1 Å². The fraction of sp³-hybridized carbons (Fsp3) is 0.650. The lowest BCUT2D eigenvalue weighted by atomic mass is 9.95. The van der Waals surface area contributed by atoms with Crippen LogP contribution in [0.4, 0.5) is 5.69 Å². The number of nitrogens with one attached hydrogen (secondary N) is 1. The molecule has 3 rings (SSSR count). The number of likely N-dealkylation sites (N-methyl/N-ethyl adjacent to an activating group) is 1. The standard InChI is InChI=1S/C20H33N5O3S/c1-16(20(26)22-18-5-7-19(8-6-18)29(21,27)28)25-9-3-4-17(15-25)14-24-12-10-23(2)11-13-24/h5-8,16-17H,3-4,9-15H2,1-2H3,(H,22,26)(H2,21,27,28)/t16-,17-/m1/s1.